The maximum absolute atomic E-state index is 5.63. The summed E-state index contributed by atoms with van der Waals surface area (Å²) < 4.78 is 0. The number of anilines is 1. The fourth-order valence-corrected chi connectivity index (χ4v) is 1.29. The van der Waals surface area contributed by atoms with E-state index in [0.717, 1.165) is 11.4 Å². The standard InChI is InChI=1S/C12H16N2/c1-4-14(9-11(3)13)12-8-6-5-7-10(12)2/h4-9H,1,13H2,2-3H3/b11-9+. The minimum atomic E-state index is 0.758. The van der Waals surface area contributed by atoms with Crippen LogP contribution in [0.2, 0.25) is 0 Å². The highest BCUT2D eigenvalue weighted by molar-refractivity contribution is 5.57. The van der Waals surface area contributed by atoms with Crippen LogP contribution in [0.25, 0.3) is 0 Å². The minimum Gasteiger partial charge on any atom is -0.401 e. The third-order valence-electron chi connectivity index (χ3n) is 1.93. The fourth-order valence-electron chi connectivity index (χ4n) is 1.29. The first-order valence-electron chi connectivity index (χ1n) is 4.55. The molecule has 0 bridgehead atoms. The summed E-state index contributed by atoms with van der Waals surface area (Å²) in [5, 5.41) is 0. The molecule has 2 N–H and O–H groups in total. The average molecular weight is 188 g/mol. The molecule has 2 nitrogen and oxygen atoms in total. The number of hydrogen-bond donors (Lipinski definition) is 1. The van der Waals surface area contributed by atoms with E-state index in [4.69, 9.17) is 5.73 Å². The number of nitrogens with zero attached hydrogens (tertiary/aromatic N) is 1. The number of aryl methyl sites for hydroxylation is 1. The van der Waals surface area contributed by atoms with Crippen LogP contribution in [0.4, 0.5) is 5.69 Å². The van der Waals surface area contributed by atoms with Gasteiger partial charge in [0.15, 0.2) is 0 Å². The molecule has 0 aliphatic rings. The number of rotatable bonds is 3. The summed E-state index contributed by atoms with van der Waals surface area (Å²) in [7, 11) is 0. The third kappa shape index (κ3) is 2.39. The van der Waals surface area contributed by atoms with E-state index in [2.05, 4.69) is 19.6 Å². The first-order chi connectivity index (χ1) is 6.65. The Morgan fingerprint density at radius 3 is 2.57 bits per heavy atom. The average Bonchev–Trinajstić information content (AvgIpc) is 2.15. The molecule has 1 aromatic rings. The predicted octanol–water partition coefficient (Wildman–Crippen LogP) is 2.76. The van der Waals surface area contributed by atoms with E-state index in [9.17, 15) is 0 Å². The van der Waals surface area contributed by atoms with E-state index < -0.39 is 0 Å². The highest BCUT2D eigenvalue weighted by atomic mass is 15.1. The number of benzene rings is 1. The summed E-state index contributed by atoms with van der Waals surface area (Å²) in [4.78, 5) is 1.92. The molecule has 0 heterocycles. The maximum atomic E-state index is 5.63. The quantitative estimate of drug-likeness (QED) is 0.790. The van der Waals surface area contributed by atoms with Gasteiger partial charge in [-0.05, 0) is 25.5 Å². The predicted molar refractivity (Wildman–Crippen MR) is 61.8 cm³/mol. The molecular formula is C12H16N2. The molecule has 14 heavy (non-hydrogen) atoms. The molecule has 0 fully saturated rings. The summed E-state index contributed by atoms with van der Waals surface area (Å²) in [6, 6.07) is 8.11. The number of hydrogen-bond acceptors (Lipinski definition) is 2. The van der Waals surface area contributed by atoms with Crippen LogP contribution in [0, 0.1) is 6.92 Å². The van der Waals surface area contributed by atoms with Gasteiger partial charge >= 0.3 is 0 Å². The van der Waals surface area contributed by atoms with E-state index in [1.54, 1.807) is 6.20 Å². The lowest BCUT2D eigenvalue weighted by Gasteiger charge is -2.17. The van der Waals surface area contributed by atoms with Crippen molar-refractivity contribution in [2.45, 2.75) is 13.8 Å². The second-order valence-electron chi connectivity index (χ2n) is 3.25. The van der Waals surface area contributed by atoms with Gasteiger partial charge in [0.25, 0.3) is 0 Å². The van der Waals surface area contributed by atoms with Crippen LogP contribution < -0.4 is 10.6 Å². The minimum absolute atomic E-state index is 0.758. The van der Waals surface area contributed by atoms with Crippen molar-refractivity contribution in [1.29, 1.82) is 0 Å². The molecule has 1 rings (SSSR count). The molecule has 0 saturated heterocycles. The van der Waals surface area contributed by atoms with Gasteiger partial charge in [-0.15, -0.1) is 0 Å². The smallest absolute Gasteiger partial charge is 0.0478 e. The molecule has 0 aromatic heterocycles. The molecule has 0 amide bonds. The van der Waals surface area contributed by atoms with Crippen LogP contribution >= 0.6 is 0 Å². The van der Waals surface area contributed by atoms with Gasteiger partial charge in [0, 0.05) is 23.8 Å². The van der Waals surface area contributed by atoms with Crippen molar-refractivity contribution in [3.8, 4) is 0 Å². The van der Waals surface area contributed by atoms with Crippen LogP contribution in [0.1, 0.15) is 12.5 Å². The van der Waals surface area contributed by atoms with E-state index in [-0.39, 0.29) is 0 Å². The van der Waals surface area contributed by atoms with Gasteiger partial charge in [0.2, 0.25) is 0 Å². The van der Waals surface area contributed by atoms with Crippen molar-refractivity contribution < 1.29 is 0 Å². The van der Waals surface area contributed by atoms with Gasteiger partial charge in [0.1, 0.15) is 0 Å². The highest BCUT2D eigenvalue weighted by Gasteiger charge is 2.01. The van der Waals surface area contributed by atoms with Crippen molar-refractivity contribution in [3.05, 3.63) is 54.5 Å². The number of nitrogens with two attached hydrogens (primary N) is 1. The summed E-state index contributed by atoms with van der Waals surface area (Å²) >= 11 is 0. The number of para-hydroxylation sites is 1. The lowest BCUT2D eigenvalue weighted by Crippen LogP contribution is -2.10. The SMILES string of the molecule is C=CN(/C=C(\C)N)c1ccccc1C. The Labute approximate surface area is 85.3 Å². The van der Waals surface area contributed by atoms with E-state index in [0.29, 0.717) is 0 Å². The molecule has 0 radical (unpaired) electrons. The summed E-state index contributed by atoms with van der Waals surface area (Å²) in [5.74, 6) is 0. The lowest BCUT2D eigenvalue weighted by molar-refractivity contribution is 1.18. The van der Waals surface area contributed by atoms with Gasteiger partial charge < -0.3 is 10.6 Å². The normalized spacial score (nSPS) is 11.1. The first kappa shape index (κ1) is 10.4. The van der Waals surface area contributed by atoms with Crippen LogP contribution in [0.15, 0.2) is 48.9 Å². The van der Waals surface area contributed by atoms with Crippen LogP contribution in [0.3, 0.4) is 0 Å². The van der Waals surface area contributed by atoms with Crippen LogP contribution in [0.5, 0.6) is 0 Å². The van der Waals surface area contributed by atoms with Crippen molar-refractivity contribution in [2.75, 3.05) is 4.90 Å². The fraction of sp³-hybridized carbons (Fsp3) is 0.167. The zero-order valence-corrected chi connectivity index (χ0v) is 8.70. The molecule has 0 aliphatic heterocycles. The Bertz CT molecular complexity index is 349. The monoisotopic (exact) mass is 188 g/mol. The largest absolute Gasteiger partial charge is 0.401 e. The van der Waals surface area contributed by atoms with Gasteiger partial charge in [-0.3, -0.25) is 0 Å². The van der Waals surface area contributed by atoms with Crippen LogP contribution in [-0.4, -0.2) is 0 Å². The van der Waals surface area contributed by atoms with Crippen molar-refractivity contribution in [2.24, 2.45) is 5.73 Å². The summed E-state index contributed by atoms with van der Waals surface area (Å²) in [5.41, 5.74) is 8.69. The number of allylic oxidation sites excluding steroid dienone is 1. The molecule has 1 aromatic carbocycles. The molecule has 0 spiro atoms. The topological polar surface area (TPSA) is 29.3 Å². The Morgan fingerprint density at radius 2 is 2.07 bits per heavy atom. The second-order valence-corrected chi connectivity index (χ2v) is 3.25. The van der Waals surface area contributed by atoms with Gasteiger partial charge in [-0.1, -0.05) is 24.8 Å². The van der Waals surface area contributed by atoms with Crippen molar-refractivity contribution in [3.63, 3.8) is 0 Å². The second kappa shape index (κ2) is 4.51. The van der Waals surface area contributed by atoms with E-state index >= 15 is 0 Å². The molecular weight excluding hydrogens is 172 g/mol. The molecule has 2 heteroatoms. The summed E-state index contributed by atoms with van der Waals surface area (Å²) in [6.07, 6.45) is 3.61. The molecule has 0 unspecified atom stereocenters. The molecule has 0 aliphatic carbocycles. The maximum Gasteiger partial charge on any atom is 0.0478 e. The molecule has 0 saturated carbocycles. The first-order valence-corrected chi connectivity index (χ1v) is 4.55. The van der Waals surface area contributed by atoms with E-state index in [1.807, 2.05) is 36.2 Å². The van der Waals surface area contributed by atoms with Crippen molar-refractivity contribution >= 4 is 5.69 Å². The van der Waals surface area contributed by atoms with Gasteiger partial charge in [-0.25, -0.2) is 0 Å². The van der Waals surface area contributed by atoms with Crippen molar-refractivity contribution in [1.82, 2.24) is 0 Å². The molecule has 0 atom stereocenters. The zero-order valence-electron chi connectivity index (χ0n) is 8.70. The lowest BCUT2D eigenvalue weighted by atomic mass is 10.2. The Kier molecular flexibility index (Phi) is 3.35. The van der Waals surface area contributed by atoms with Crippen LogP contribution in [-0.2, 0) is 0 Å². The Morgan fingerprint density at radius 1 is 1.43 bits per heavy atom. The zero-order chi connectivity index (χ0) is 10.6. The highest BCUT2D eigenvalue weighted by Crippen LogP contribution is 2.19. The van der Waals surface area contributed by atoms with Gasteiger partial charge in [0.05, 0.1) is 0 Å². The summed E-state index contributed by atoms with van der Waals surface area (Å²) in [6.45, 7) is 7.67. The molecule has 74 valence electrons. The Balaban J connectivity index is 3.07. The van der Waals surface area contributed by atoms with E-state index in [1.165, 1.54) is 5.56 Å². The Hall–Kier alpha value is -1.70. The third-order valence-corrected chi connectivity index (χ3v) is 1.93. The van der Waals surface area contributed by atoms with Gasteiger partial charge in [-0.2, -0.15) is 0 Å².